The summed E-state index contributed by atoms with van der Waals surface area (Å²) in [5.41, 5.74) is 0. The Labute approximate surface area is 109 Å². The van der Waals surface area contributed by atoms with Crippen LogP contribution in [0.15, 0.2) is 29.6 Å². The van der Waals surface area contributed by atoms with E-state index in [1.165, 1.54) is 12.3 Å². The molecule has 1 heterocycles. The zero-order valence-electron chi connectivity index (χ0n) is 9.45. The monoisotopic (exact) mass is 300 g/mol. The molecule has 0 spiro atoms. The van der Waals surface area contributed by atoms with E-state index in [-0.39, 0.29) is 17.5 Å². The molecule has 0 saturated carbocycles. The van der Waals surface area contributed by atoms with Gasteiger partial charge in [0, 0.05) is 18.0 Å². The van der Waals surface area contributed by atoms with E-state index in [0.29, 0.717) is 5.75 Å². The van der Waals surface area contributed by atoms with Gasteiger partial charge in [-0.25, -0.2) is 4.98 Å². The maximum Gasteiger partial charge on any atom is 0.422 e. The Morgan fingerprint density at radius 1 is 1.37 bits per heavy atom. The van der Waals surface area contributed by atoms with Crippen LogP contribution in [0.2, 0.25) is 0 Å². The minimum absolute atomic E-state index is 0.115. The number of nitrogens with zero attached hydrogens (tertiary/aromatic N) is 2. The summed E-state index contributed by atoms with van der Waals surface area (Å²) in [7, 11) is 0. The van der Waals surface area contributed by atoms with Gasteiger partial charge in [-0.1, -0.05) is 11.8 Å². The lowest BCUT2D eigenvalue weighted by atomic mass is 10.5. The van der Waals surface area contributed by atoms with Gasteiger partial charge in [0.15, 0.2) is 11.8 Å². The van der Waals surface area contributed by atoms with Crippen molar-refractivity contribution in [3.63, 3.8) is 0 Å². The van der Waals surface area contributed by atoms with Crippen LogP contribution in [-0.4, -0.2) is 28.5 Å². The van der Waals surface area contributed by atoms with E-state index in [4.69, 9.17) is 0 Å². The molecular weight excluding hydrogens is 291 g/mol. The van der Waals surface area contributed by atoms with Crippen LogP contribution in [0.1, 0.15) is 6.42 Å². The number of aromatic nitrogens is 2. The van der Waals surface area contributed by atoms with Crippen LogP contribution < -0.4 is 4.74 Å². The molecule has 0 aliphatic carbocycles. The molecule has 0 aliphatic rings. The van der Waals surface area contributed by atoms with Crippen LogP contribution in [0.5, 0.6) is 5.88 Å². The second-order valence-corrected chi connectivity index (χ2v) is 4.27. The van der Waals surface area contributed by atoms with Gasteiger partial charge in [0.2, 0.25) is 5.88 Å². The van der Waals surface area contributed by atoms with Gasteiger partial charge in [0.1, 0.15) is 0 Å². The number of ether oxygens (including phenoxy) is 1. The molecule has 0 amide bonds. The molecule has 19 heavy (non-hydrogen) atoms. The summed E-state index contributed by atoms with van der Waals surface area (Å²) in [6, 6.07) is 1.19. The van der Waals surface area contributed by atoms with Crippen LogP contribution in [0.3, 0.4) is 0 Å². The highest BCUT2D eigenvalue weighted by Gasteiger charge is 2.28. The molecule has 0 aromatic carbocycles. The summed E-state index contributed by atoms with van der Waals surface area (Å²) in [6.07, 6.45) is -4.11. The second-order valence-electron chi connectivity index (χ2n) is 3.21. The van der Waals surface area contributed by atoms with Crippen molar-refractivity contribution in [3.8, 4) is 5.88 Å². The molecule has 0 radical (unpaired) electrons. The first-order valence-corrected chi connectivity index (χ1v) is 6.02. The third-order valence-corrected chi connectivity index (χ3v) is 2.53. The summed E-state index contributed by atoms with van der Waals surface area (Å²) in [5, 5.41) is 0.173. The van der Waals surface area contributed by atoms with E-state index in [1.54, 1.807) is 0 Å². The van der Waals surface area contributed by atoms with E-state index in [1.807, 2.05) is 0 Å². The van der Waals surface area contributed by atoms with E-state index in [0.717, 1.165) is 17.8 Å². The molecule has 1 rings (SSSR count). The van der Waals surface area contributed by atoms with Crippen molar-refractivity contribution in [1.82, 2.24) is 9.97 Å². The Hall–Kier alpha value is -1.38. The molecule has 0 N–H and O–H groups in total. The van der Waals surface area contributed by atoms with Crippen LogP contribution in [0, 0.1) is 0 Å². The predicted octanol–water partition coefficient (Wildman–Crippen LogP) is 3.68. The van der Waals surface area contributed by atoms with E-state index in [2.05, 4.69) is 14.7 Å². The summed E-state index contributed by atoms with van der Waals surface area (Å²) >= 11 is 1.05. The molecule has 0 atom stereocenters. The molecule has 0 bridgehead atoms. The van der Waals surface area contributed by atoms with Crippen molar-refractivity contribution >= 4 is 11.8 Å². The number of hydrogen-bond donors (Lipinski definition) is 0. The average molecular weight is 300 g/mol. The lowest BCUT2D eigenvalue weighted by molar-refractivity contribution is -0.154. The minimum Gasteiger partial charge on any atom is -0.468 e. The highest BCUT2D eigenvalue weighted by Crippen LogP contribution is 2.20. The molecule has 1 aromatic rings. The molecule has 3 nitrogen and oxygen atoms in total. The summed E-state index contributed by atoms with van der Waals surface area (Å²) < 4.78 is 63.6. The summed E-state index contributed by atoms with van der Waals surface area (Å²) in [4.78, 5) is 7.50. The molecule has 1 aromatic heterocycles. The molecule has 0 fully saturated rings. The molecule has 0 saturated heterocycles. The van der Waals surface area contributed by atoms with Crippen molar-refractivity contribution in [2.75, 3.05) is 12.4 Å². The topological polar surface area (TPSA) is 35.0 Å². The lowest BCUT2D eigenvalue weighted by Crippen LogP contribution is -2.19. The smallest absolute Gasteiger partial charge is 0.422 e. The van der Waals surface area contributed by atoms with Gasteiger partial charge in [0.25, 0.3) is 6.08 Å². The lowest BCUT2D eigenvalue weighted by Gasteiger charge is -2.08. The number of thioether (sulfide) groups is 1. The summed E-state index contributed by atoms with van der Waals surface area (Å²) in [6.45, 7) is -1.44. The fourth-order valence-electron chi connectivity index (χ4n) is 0.949. The number of rotatable bonds is 6. The molecule has 0 unspecified atom stereocenters. The Bertz CT molecular complexity index is 434. The SMILES string of the molecule is FC(F)=CCCSc1nccc(OCC(F)(F)F)n1. The Balaban J connectivity index is 2.46. The number of hydrogen-bond acceptors (Lipinski definition) is 4. The van der Waals surface area contributed by atoms with E-state index >= 15 is 0 Å². The zero-order valence-corrected chi connectivity index (χ0v) is 10.3. The summed E-state index contributed by atoms with van der Waals surface area (Å²) in [5.74, 6) is 0.0853. The maximum absolute atomic E-state index is 11.9. The highest BCUT2D eigenvalue weighted by atomic mass is 32.2. The van der Waals surface area contributed by atoms with Gasteiger partial charge in [-0.3, -0.25) is 0 Å². The van der Waals surface area contributed by atoms with Gasteiger partial charge >= 0.3 is 6.18 Å². The van der Waals surface area contributed by atoms with Crippen LogP contribution >= 0.6 is 11.8 Å². The van der Waals surface area contributed by atoms with Crippen molar-refractivity contribution in [1.29, 1.82) is 0 Å². The molecule has 106 valence electrons. The number of alkyl halides is 3. The van der Waals surface area contributed by atoms with Gasteiger partial charge in [-0.2, -0.15) is 26.9 Å². The van der Waals surface area contributed by atoms with Crippen molar-refractivity contribution in [2.45, 2.75) is 17.8 Å². The first kappa shape index (κ1) is 15.7. The van der Waals surface area contributed by atoms with Crippen molar-refractivity contribution in [2.24, 2.45) is 0 Å². The van der Waals surface area contributed by atoms with Crippen LogP contribution in [-0.2, 0) is 0 Å². The standard InChI is InChI=1S/C10H9F5N2OS/c11-7(12)2-1-5-19-9-16-4-3-8(17-9)18-6-10(13,14)15/h2-4H,1,5-6H2. The number of allylic oxidation sites excluding steroid dienone is 1. The molecule has 9 heteroatoms. The Morgan fingerprint density at radius 2 is 2.11 bits per heavy atom. The number of halogens is 5. The molecule has 0 aliphatic heterocycles. The Morgan fingerprint density at radius 3 is 2.74 bits per heavy atom. The third kappa shape index (κ3) is 7.60. The van der Waals surface area contributed by atoms with Gasteiger partial charge in [-0.15, -0.1) is 0 Å². The normalized spacial score (nSPS) is 11.2. The van der Waals surface area contributed by atoms with E-state index in [9.17, 15) is 22.0 Å². The maximum atomic E-state index is 11.9. The average Bonchev–Trinajstić information content (AvgIpc) is 2.32. The van der Waals surface area contributed by atoms with Gasteiger partial charge < -0.3 is 4.74 Å². The van der Waals surface area contributed by atoms with Crippen LogP contribution in [0.4, 0.5) is 22.0 Å². The largest absolute Gasteiger partial charge is 0.468 e. The third-order valence-electron chi connectivity index (χ3n) is 1.64. The van der Waals surface area contributed by atoms with Crippen molar-refractivity contribution < 1.29 is 26.7 Å². The predicted molar refractivity (Wildman–Crippen MR) is 59.2 cm³/mol. The van der Waals surface area contributed by atoms with Gasteiger partial charge in [-0.05, 0) is 12.5 Å². The fraction of sp³-hybridized carbons (Fsp3) is 0.400. The minimum atomic E-state index is -4.44. The van der Waals surface area contributed by atoms with Crippen molar-refractivity contribution in [3.05, 3.63) is 24.4 Å². The zero-order chi connectivity index (χ0) is 14.3. The van der Waals surface area contributed by atoms with E-state index < -0.39 is 18.9 Å². The quantitative estimate of drug-likeness (QED) is 0.347. The Kier molecular flexibility index (Phi) is 6.00. The second kappa shape index (κ2) is 7.27. The first-order valence-electron chi connectivity index (χ1n) is 5.03. The van der Waals surface area contributed by atoms with Gasteiger partial charge in [0.05, 0.1) is 0 Å². The fourth-order valence-corrected chi connectivity index (χ4v) is 1.66. The first-order chi connectivity index (χ1) is 8.87. The van der Waals surface area contributed by atoms with Crippen LogP contribution in [0.25, 0.3) is 0 Å². The molecular formula is C10H9F5N2OS. The highest BCUT2D eigenvalue weighted by molar-refractivity contribution is 7.99.